The molecule has 4 aromatic rings. The Morgan fingerprint density at radius 1 is 1.00 bits per heavy atom. The number of rotatable bonds is 2. The van der Waals surface area contributed by atoms with E-state index in [1.165, 1.54) is 16.0 Å². The lowest BCUT2D eigenvalue weighted by atomic mass is 10.00. The van der Waals surface area contributed by atoms with Crippen molar-refractivity contribution < 1.29 is 9.32 Å². The molecule has 2 aromatic heterocycles. The molecule has 0 bridgehead atoms. The molecule has 25 heavy (non-hydrogen) atoms. The zero-order valence-electron chi connectivity index (χ0n) is 14.2. The summed E-state index contributed by atoms with van der Waals surface area (Å²) in [6, 6.07) is 16.8. The Bertz CT molecular complexity index is 1080. The van der Waals surface area contributed by atoms with E-state index in [0.29, 0.717) is 0 Å². The monoisotopic (exact) mass is 330 g/mol. The van der Waals surface area contributed by atoms with Crippen LogP contribution >= 0.6 is 0 Å². The molecule has 1 N–H and O–H groups in total. The molecule has 1 aliphatic heterocycles. The Hall–Kier alpha value is -2.72. The first-order chi connectivity index (χ1) is 12.3. The van der Waals surface area contributed by atoms with Gasteiger partial charge in [0.25, 0.3) is 5.82 Å². The molecule has 1 unspecified atom stereocenters. The maximum absolute atomic E-state index is 6.18. The summed E-state index contributed by atoms with van der Waals surface area (Å²) < 4.78 is 6.18. The fraction of sp³-hybridized carbons (Fsp3) is 0.238. The van der Waals surface area contributed by atoms with Crippen LogP contribution in [0.15, 0.2) is 52.9 Å². The minimum Gasteiger partial charge on any atom is -0.446 e. The van der Waals surface area contributed by atoms with E-state index in [2.05, 4.69) is 37.3 Å². The first kappa shape index (κ1) is 14.6. The number of nitrogens with zero attached hydrogens (tertiary/aromatic N) is 2. The van der Waals surface area contributed by atoms with Crippen molar-refractivity contribution >= 4 is 27.9 Å². The molecule has 124 valence electrons. The third-order valence-corrected chi connectivity index (χ3v) is 5.14. The molecule has 2 aromatic carbocycles. The average molecular weight is 330 g/mol. The van der Waals surface area contributed by atoms with Crippen LogP contribution in [0, 0.1) is 0 Å². The topological polar surface area (TPSA) is 43.4 Å². The Morgan fingerprint density at radius 3 is 2.68 bits per heavy atom. The number of para-hydroxylation sites is 1. The maximum Gasteiger partial charge on any atom is 0.273 e. The van der Waals surface area contributed by atoms with Crippen LogP contribution in [-0.4, -0.2) is 16.5 Å². The highest BCUT2D eigenvalue weighted by Gasteiger charge is 2.27. The lowest BCUT2D eigenvalue weighted by Crippen LogP contribution is -3.07. The normalized spacial score (nSPS) is 17.1. The first-order valence-corrected chi connectivity index (χ1v) is 8.93. The van der Waals surface area contributed by atoms with Gasteiger partial charge in [-0.2, -0.15) is 4.98 Å². The zero-order chi connectivity index (χ0) is 16.8. The van der Waals surface area contributed by atoms with Gasteiger partial charge in [0.1, 0.15) is 23.5 Å². The molecule has 0 fully saturated rings. The number of hydrogen-bond acceptors (Lipinski definition) is 3. The first-order valence-electron chi connectivity index (χ1n) is 8.93. The van der Waals surface area contributed by atoms with Crippen molar-refractivity contribution in [3.05, 3.63) is 65.5 Å². The second kappa shape index (κ2) is 5.67. The van der Waals surface area contributed by atoms with Gasteiger partial charge in [-0.15, -0.1) is 0 Å². The number of aromatic nitrogens is 2. The SMILES string of the molecule is CCc1nc([NH+]2CCc3ccccc3C2)c2oc3ccccc3c2n1. The highest BCUT2D eigenvalue weighted by atomic mass is 16.3. The van der Waals surface area contributed by atoms with Crippen LogP contribution in [0.25, 0.3) is 22.1 Å². The van der Waals surface area contributed by atoms with Crippen LogP contribution in [0.5, 0.6) is 0 Å². The smallest absolute Gasteiger partial charge is 0.273 e. The lowest BCUT2D eigenvalue weighted by molar-refractivity contribution is -0.851. The molecule has 0 radical (unpaired) electrons. The van der Waals surface area contributed by atoms with E-state index in [1.807, 2.05) is 18.2 Å². The van der Waals surface area contributed by atoms with Crippen LogP contribution in [0.3, 0.4) is 0 Å². The molecule has 0 amide bonds. The number of quaternary nitrogens is 1. The van der Waals surface area contributed by atoms with E-state index in [-0.39, 0.29) is 0 Å². The van der Waals surface area contributed by atoms with Crippen LogP contribution in [0.2, 0.25) is 0 Å². The third-order valence-electron chi connectivity index (χ3n) is 5.14. The molecule has 0 spiro atoms. The van der Waals surface area contributed by atoms with E-state index in [0.717, 1.165) is 59.6 Å². The minimum atomic E-state index is 0.826. The number of fused-ring (bicyclic) bond motifs is 4. The molecule has 4 nitrogen and oxygen atoms in total. The largest absolute Gasteiger partial charge is 0.446 e. The molecule has 3 heterocycles. The second-order valence-electron chi connectivity index (χ2n) is 6.67. The van der Waals surface area contributed by atoms with Crippen molar-refractivity contribution in [2.24, 2.45) is 0 Å². The van der Waals surface area contributed by atoms with Gasteiger partial charge in [-0.1, -0.05) is 43.3 Å². The van der Waals surface area contributed by atoms with E-state index in [9.17, 15) is 0 Å². The summed E-state index contributed by atoms with van der Waals surface area (Å²) in [6.45, 7) is 4.08. The Kier molecular flexibility index (Phi) is 3.31. The van der Waals surface area contributed by atoms with E-state index in [4.69, 9.17) is 14.4 Å². The summed E-state index contributed by atoms with van der Waals surface area (Å²) in [5.41, 5.74) is 5.54. The number of hydrogen-bond donors (Lipinski definition) is 1. The van der Waals surface area contributed by atoms with Crippen LogP contribution in [0.1, 0.15) is 23.9 Å². The number of furan rings is 1. The van der Waals surface area contributed by atoms with Crippen LogP contribution in [-0.2, 0) is 19.4 Å². The van der Waals surface area contributed by atoms with Gasteiger partial charge >= 0.3 is 0 Å². The molecular formula is C21H20N3O+. The standard InChI is InChI=1S/C21H19N3O/c1-2-18-22-19-16-9-5-6-10-17(16)25-20(19)21(23-18)24-12-11-14-7-3-4-8-15(14)13-24/h3-10H,2,11-13H2,1H3/p+1. The van der Waals surface area contributed by atoms with Gasteiger partial charge in [0.2, 0.25) is 5.58 Å². The number of benzene rings is 2. The van der Waals surface area contributed by atoms with Crippen molar-refractivity contribution in [2.45, 2.75) is 26.3 Å². The van der Waals surface area contributed by atoms with Gasteiger partial charge in [-0.3, -0.25) is 4.90 Å². The number of aryl methyl sites for hydroxylation is 1. The average Bonchev–Trinajstić information content (AvgIpc) is 3.05. The van der Waals surface area contributed by atoms with Gasteiger partial charge in [0.15, 0.2) is 0 Å². The fourth-order valence-electron chi connectivity index (χ4n) is 3.81. The Morgan fingerprint density at radius 2 is 1.80 bits per heavy atom. The van der Waals surface area contributed by atoms with Crippen LogP contribution in [0.4, 0.5) is 5.82 Å². The molecule has 0 saturated carbocycles. The quantitative estimate of drug-likeness (QED) is 0.614. The second-order valence-corrected chi connectivity index (χ2v) is 6.67. The minimum absolute atomic E-state index is 0.826. The fourth-order valence-corrected chi connectivity index (χ4v) is 3.81. The molecule has 0 saturated heterocycles. The van der Waals surface area contributed by atoms with E-state index < -0.39 is 0 Å². The van der Waals surface area contributed by atoms with Gasteiger partial charge in [-0.05, 0) is 17.7 Å². The van der Waals surface area contributed by atoms with Gasteiger partial charge in [0, 0.05) is 23.8 Å². The van der Waals surface area contributed by atoms with E-state index in [1.54, 1.807) is 0 Å². The summed E-state index contributed by atoms with van der Waals surface area (Å²) >= 11 is 0. The predicted molar refractivity (Wildman–Crippen MR) is 98.0 cm³/mol. The van der Waals surface area contributed by atoms with Gasteiger partial charge in [0.05, 0.1) is 6.54 Å². The maximum atomic E-state index is 6.18. The zero-order valence-corrected chi connectivity index (χ0v) is 14.2. The van der Waals surface area contributed by atoms with Gasteiger partial charge in [-0.25, -0.2) is 4.98 Å². The van der Waals surface area contributed by atoms with Crippen molar-refractivity contribution in [1.82, 2.24) is 9.97 Å². The van der Waals surface area contributed by atoms with Crippen LogP contribution < -0.4 is 4.90 Å². The van der Waals surface area contributed by atoms with E-state index >= 15 is 0 Å². The predicted octanol–water partition coefficient (Wildman–Crippen LogP) is 3.21. The summed E-state index contributed by atoms with van der Waals surface area (Å²) in [6.07, 6.45) is 1.89. The van der Waals surface area contributed by atoms with Crippen molar-refractivity contribution in [2.75, 3.05) is 6.54 Å². The number of nitrogens with one attached hydrogen (secondary N) is 1. The Labute approximate surface area is 146 Å². The summed E-state index contributed by atoms with van der Waals surface area (Å²) in [5.74, 6) is 1.90. The van der Waals surface area contributed by atoms with Crippen molar-refractivity contribution in [3.8, 4) is 0 Å². The third kappa shape index (κ3) is 2.33. The molecular weight excluding hydrogens is 310 g/mol. The summed E-state index contributed by atoms with van der Waals surface area (Å²) in [7, 11) is 0. The van der Waals surface area contributed by atoms with Gasteiger partial charge < -0.3 is 4.42 Å². The molecule has 1 atom stereocenters. The molecule has 1 aliphatic rings. The van der Waals surface area contributed by atoms with Crippen molar-refractivity contribution in [1.29, 1.82) is 0 Å². The molecule has 4 heteroatoms. The van der Waals surface area contributed by atoms with Crippen molar-refractivity contribution in [3.63, 3.8) is 0 Å². The highest BCUT2D eigenvalue weighted by Crippen LogP contribution is 2.30. The summed E-state index contributed by atoms with van der Waals surface area (Å²) in [5, 5.41) is 1.08. The lowest BCUT2D eigenvalue weighted by Gasteiger charge is -2.24. The Balaban J connectivity index is 1.70. The highest BCUT2D eigenvalue weighted by molar-refractivity contribution is 6.04. The molecule has 5 rings (SSSR count). The summed E-state index contributed by atoms with van der Waals surface area (Å²) in [4.78, 5) is 11.0. The molecule has 0 aliphatic carbocycles.